The van der Waals surface area contributed by atoms with Crippen LogP contribution < -0.4 is 10.1 Å². The summed E-state index contributed by atoms with van der Waals surface area (Å²) in [6.45, 7) is 0. The number of benzene rings is 3. The van der Waals surface area contributed by atoms with Gasteiger partial charge in [0, 0.05) is 38.8 Å². The van der Waals surface area contributed by atoms with Gasteiger partial charge in [-0.3, -0.25) is 4.79 Å². The smallest absolute Gasteiger partial charge is 0.291 e. The number of nitrogens with one attached hydrogen (secondary N) is 1. The number of rotatable bonds is 6. The third kappa shape index (κ3) is 4.16. The molecule has 0 saturated heterocycles. The highest BCUT2D eigenvalue weighted by Crippen LogP contribution is 2.38. The van der Waals surface area contributed by atoms with Gasteiger partial charge in [-0.25, -0.2) is 0 Å². The van der Waals surface area contributed by atoms with Crippen molar-refractivity contribution in [3.63, 3.8) is 0 Å². The average molecular weight is 486 g/mol. The maximum atomic E-state index is 13.5. The van der Waals surface area contributed by atoms with E-state index in [9.17, 15) is 4.79 Å². The first-order chi connectivity index (χ1) is 17.2. The first-order valence-corrected chi connectivity index (χ1v) is 13.2. The van der Waals surface area contributed by atoms with Crippen molar-refractivity contribution in [1.82, 2.24) is 0 Å². The summed E-state index contributed by atoms with van der Waals surface area (Å²) < 4.78 is 17.7. The van der Waals surface area contributed by atoms with Gasteiger partial charge in [-0.1, -0.05) is 55.7 Å². The van der Waals surface area contributed by atoms with Crippen LogP contribution in [0.15, 0.2) is 69.5 Å². The molecule has 6 heteroatoms. The Labute approximate surface area is 207 Å². The number of thioether (sulfide) groups is 1. The molecular formula is C29H27NO4S. The number of anilines is 1. The Morgan fingerprint density at radius 2 is 1.63 bits per heavy atom. The van der Waals surface area contributed by atoms with E-state index in [0.717, 1.165) is 38.6 Å². The van der Waals surface area contributed by atoms with Crippen molar-refractivity contribution in [3.8, 4) is 5.75 Å². The van der Waals surface area contributed by atoms with Crippen molar-refractivity contribution < 1.29 is 18.4 Å². The number of amides is 1. The SMILES string of the molecule is COc1cc2c(cc1NC(=O)c1oc3ccccc3c1CSC1CCCCC1)oc1ccccc12. The zero-order chi connectivity index (χ0) is 23.8. The summed E-state index contributed by atoms with van der Waals surface area (Å²) in [5.74, 6) is 1.41. The number of ether oxygens (including phenoxy) is 1. The molecule has 1 fully saturated rings. The Balaban J connectivity index is 1.34. The summed E-state index contributed by atoms with van der Waals surface area (Å²) in [7, 11) is 1.60. The molecule has 1 N–H and O–H groups in total. The molecule has 5 nitrogen and oxygen atoms in total. The van der Waals surface area contributed by atoms with Crippen molar-refractivity contribution in [2.45, 2.75) is 43.1 Å². The number of carbonyl (C=O) groups excluding carboxylic acids is 1. The van der Waals surface area contributed by atoms with E-state index >= 15 is 0 Å². The number of methoxy groups -OCH3 is 1. The van der Waals surface area contributed by atoms with E-state index in [1.165, 1.54) is 32.1 Å². The highest BCUT2D eigenvalue weighted by Gasteiger charge is 2.24. The normalized spacial score (nSPS) is 14.7. The van der Waals surface area contributed by atoms with E-state index in [2.05, 4.69) is 5.32 Å². The quantitative estimate of drug-likeness (QED) is 0.263. The largest absolute Gasteiger partial charge is 0.495 e. The second kappa shape index (κ2) is 9.34. The van der Waals surface area contributed by atoms with Crippen LogP contribution in [0.5, 0.6) is 5.75 Å². The summed E-state index contributed by atoms with van der Waals surface area (Å²) in [6, 6.07) is 19.5. The van der Waals surface area contributed by atoms with Crippen molar-refractivity contribution in [3.05, 3.63) is 72.0 Å². The highest BCUT2D eigenvalue weighted by molar-refractivity contribution is 7.99. The standard InChI is InChI=1S/C29H27NO4S/c1-32-27-15-21-19-11-5-7-13-24(19)33-26(21)16-23(27)30-29(31)28-22(17-35-18-9-3-2-4-10-18)20-12-6-8-14-25(20)34-28/h5-8,11-16,18H,2-4,9-10,17H2,1H3,(H,30,31). The monoisotopic (exact) mass is 485 g/mol. The Morgan fingerprint density at radius 3 is 2.40 bits per heavy atom. The Bertz CT molecular complexity index is 1530. The summed E-state index contributed by atoms with van der Waals surface area (Å²) in [5, 5.41) is 6.63. The fraction of sp³-hybridized carbons (Fsp3) is 0.276. The number of para-hydroxylation sites is 2. The van der Waals surface area contributed by atoms with Gasteiger partial charge in [-0.05, 0) is 31.0 Å². The van der Waals surface area contributed by atoms with Crippen molar-refractivity contribution >= 4 is 56.3 Å². The third-order valence-electron chi connectivity index (χ3n) is 6.87. The van der Waals surface area contributed by atoms with Crippen LogP contribution in [0.4, 0.5) is 5.69 Å². The fourth-order valence-electron chi connectivity index (χ4n) is 5.06. The van der Waals surface area contributed by atoms with Gasteiger partial charge in [0.2, 0.25) is 0 Å². The van der Waals surface area contributed by atoms with Crippen molar-refractivity contribution in [2.24, 2.45) is 0 Å². The molecule has 3 aromatic carbocycles. The molecule has 0 radical (unpaired) electrons. The third-order valence-corrected chi connectivity index (χ3v) is 8.27. The van der Waals surface area contributed by atoms with E-state index in [-0.39, 0.29) is 5.91 Å². The van der Waals surface area contributed by atoms with Crippen LogP contribution in [0, 0.1) is 0 Å². The lowest BCUT2D eigenvalue weighted by atomic mass is 10.0. The van der Waals surface area contributed by atoms with Crippen LogP contribution in [0.25, 0.3) is 32.9 Å². The van der Waals surface area contributed by atoms with E-state index in [1.54, 1.807) is 7.11 Å². The molecule has 0 spiro atoms. The predicted molar refractivity (Wildman–Crippen MR) is 143 cm³/mol. The Morgan fingerprint density at radius 1 is 0.914 bits per heavy atom. The molecule has 178 valence electrons. The first-order valence-electron chi connectivity index (χ1n) is 12.1. The molecule has 5 aromatic rings. The minimum absolute atomic E-state index is 0.283. The van der Waals surface area contributed by atoms with Crippen molar-refractivity contribution in [2.75, 3.05) is 12.4 Å². The summed E-state index contributed by atoms with van der Waals surface area (Å²) >= 11 is 1.94. The van der Waals surface area contributed by atoms with Gasteiger partial charge in [0.15, 0.2) is 5.76 Å². The minimum atomic E-state index is -0.283. The second-order valence-corrected chi connectivity index (χ2v) is 10.4. The molecule has 0 atom stereocenters. The molecule has 0 bridgehead atoms. The highest BCUT2D eigenvalue weighted by atomic mass is 32.2. The zero-order valence-corrected chi connectivity index (χ0v) is 20.5. The molecule has 6 rings (SSSR count). The van der Waals surface area contributed by atoms with Crippen LogP contribution in [0.2, 0.25) is 0 Å². The number of fused-ring (bicyclic) bond motifs is 4. The van der Waals surface area contributed by atoms with Gasteiger partial charge in [0.1, 0.15) is 22.5 Å². The lowest BCUT2D eigenvalue weighted by Gasteiger charge is -2.20. The number of carbonyl (C=O) groups is 1. The zero-order valence-electron chi connectivity index (χ0n) is 19.6. The summed E-state index contributed by atoms with van der Waals surface area (Å²) in [4.78, 5) is 13.5. The lowest BCUT2D eigenvalue weighted by Crippen LogP contribution is -2.14. The molecule has 2 heterocycles. The number of hydrogen-bond acceptors (Lipinski definition) is 5. The molecule has 1 aliphatic carbocycles. The van der Waals surface area contributed by atoms with Crippen molar-refractivity contribution in [1.29, 1.82) is 0 Å². The minimum Gasteiger partial charge on any atom is -0.495 e. The predicted octanol–water partition coefficient (Wildman–Crippen LogP) is 8.16. The second-order valence-electron chi connectivity index (χ2n) is 9.08. The topological polar surface area (TPSA) is 64.6 Å². The van der Waals surface area contributed by atoms with Crippen LogP contribution in [-0.4, -0.2) is 18.3 Å². The van der Waals surface area contributed by atoms with E-state index < -0.39 is 0 Å². The first kappa shape index (κ1) is 22.1. The maximum Gasteiger partial charge on any atom is 0.291 e. The molecule has 0 unspecified atom stereocenters. The molecule has 35 heavy (non-hydrogen) atoms. The molecule has 0 aliphatic heterocycles. The Kier molecular flexibility index (Phi) is 5.90. The van der Waals surface area contributed by atoms with Crippen LogP contribution in [-0.2, 0) is 5.75 Å². The van der Waals surface area contributed by atoms with E-state index in [0.29, 0.717) is 28.0 Å². The molecule has 1 saturated carbocycles. The van der Waals surface area contributed by atoms with Gasteiger partial charge >= 0.3 is 0 Å². The van der Waals surface area contributed by atoms with Gasteiger partial charge in [-0.2, -0.15) is 11.8 Å². The van der Waals surface area contributed by atoms with Gasteiger partial charge in [0.05, 0.1) is 12.8 Å². The molecular weight excluding hydrogens is 458 g/mol. The number of hydrogen-bond donors (Lipinski definition) is 1. The molecule has 1 aliphatic rings. The average Bonchev–Trinajstić information content (AvgIpc) is 3.45. The molecule has 1 amide bonds. The van der Waals surface area contributed by atoms with Crippen LogP contribution in [0.3, 0.4) is 0 Å². The van der Waals surface area contributed by atoms with Crippen LogP contribution in [0.1, 0.15) is 48.2 Å². The van der Waals surface area contributed by atoms with E-state index in [1.807, 2.05) is 72.4 Å². The summed E-state index contributed by atoms with van der Waals surface area (Å²) in [6.07, 6.45) is 6.41. The fourth-order valence-corrected chi connectivity index (χ4v) is 6.41. The van der Waals surface area contributed by atoms with Gasteiger partial charge in [-0.15, -0.1) is 0 Å². The summed E-state index contributed by atoms with van der Waals surface area (Å²) in [5.41, 5.74) is 3.73. The van der Waals surface area contributed by atoms with Gasteiger partial charge in [0.25, 0.3) is 5.91 Å². The Hall–Kier alpha value is -3.38. The lowest BCUT2D eigenvalue weighted by molar-refractivity contribution is 0.0997. The molecule has 2 aromatic heterocycles. The van der Waals surface area contributed by atoms with E-state index in [4.69, 9.17) is 13.6 Å². The van der Waals surface area contributed by atoms with Crippen LogP contribution >= 0.6 is 11.8 Å². The maximum absolute atomic E-state index is 13.5. The number of furan rings is 2. The van der Waals surface area contributed by atoms with Gasteiger partial charge < -0.3 is 18.9 Å².